The van der Waals surface area contributed by atoms with Crippen LogP contribution in [0.1, 0.15) is 12.5 Å². The first-order valence-electron chi connectivity index (χ1n) is 8.52. The second-order valence-corrected chi connectivity index (χ2v) is 8.93. The second-order valence-electron chi connectivity index (χ2n) is 6.89. The summed E-state index contributed by atoms with van der Waals surface area (Å²) in [5, 5.41) is 9.63. The van der Waals surface area contributed by atoms with Crippen molar-refractivity contribution in [1.82, 2.24) is 9.62 Å². The van der Waals surface area contributed by atoms with Crippen molar-refractivity contribution in [1.29, 1.82) is 0 Å². The Morgan fingerprint density at radius 3 is 2.56 bits per heavy atom. The van der Waals surface area contributed by atoms with Gasteiger partial charge in [-0.1, -0.05) is 30.3 Å². The fourth-order valence-electron chi connectivity index (χ4n) is 3.25. The number of hydrogen-bond donors (Lipinski definition) is 2. The largest absolute Gasteiger partial charge is 0.394 e. The second kappa shape index (κ2) is 7.69. The molecule has 0 radical (unpaired) electrons. The van der Waals surface area contributed by atoms with Crippen molar-refractivity contribution in [3.8, 4) is 0 Å². The molecular weight excluding hydrogens is 344 g/mol. The van der Waals surface area contributed by atoms with Gasteiger partial charge >= 0.3 is 0 Å². The van der Waals surface area contributed by atoms with Gasteiger partial charge in [0.15, 0.2) is 0 Å². The molecule has 25 heavy (non-hydrogen) atoms. The van der Waals surface area contributed by atoms with E-state index in [0.29, 0.717) is 13.2 Å². The third kappa shape index (κ3) is 4.05. The van der Waals surface area contributed by atoms with E-state index in [1.54, 1.807) is 0 Å². The van der Waals surface area contributed by atoms with E-state index in [2.05, 4.69) is 9.62 Å². The lowest BCUT2D eigenvalue weighted by Crippen LogP contribution is -2.67. The molecule has 0 unspecified atom stereocenters. The number of nitrogens with zero attached hydrogens (tertiary/aromatic N) is 1. The standard InChI is InChI=1S/C17H26N2O5S/c1-14-8-24-13-17(12-20,11-18-25(21,22)16-9-23-10-16)19(14)7-15-5-3-2-4-6-15/h2-6,14,16,18,20H,7-13H2,1H3/t14-,17+/m1/s1. The van der Waals surface area contributed by atoms with E-state index in [0.717, 1.165) is 5.56 Å². The number of ether oxygens (including phenoxy) is 2. The van der Waals surface area contributed by atoms with Gasteiger partial charge in [-0.25, -0.2) is 13.1 Å². The fraction of sp³-hybridized carbons (Fsp3) is 0.647. The van der Waals surface area contributed by atoms with Crippen LogP contribution in [0.25, 0.3) is 0 Å². The summed E-state index contributed by atoms with van der Waals surface area (Å²) in [5.74, 6) is 0. The molecule has 2 saturated heterocycles. The predicted octanol–water partition coefficient (Wildman–Crippen LogP) is -0.0434. The number of aliphatic hydroxyl groups excluding tert-OH is 1. The number of morpholine rings is 1. The van der Waals surface area contributed by atoms with Crippen LogP contribution in [0.5, 0.6) is 0 Å². The highest BCUT2D eigenvalue weighted by Crippen LogP contribution is 2.27. The molecule has 1 aromatic carbocycles. The Bertz CT molecular complexity index is 665. The fourth-order valence-corrected chi connectivity index (χ4v) is 4.51. The quantitative estimate of drug-likeness (QED) is 0.700. The summed E-state index contributed by atoms with van der Waals surface area (Å²) in [7, 11) is -3.45. The predicted molar refractivity (Wildman–Crippen MR) is 93.6 cm³/mol. The van der Waals surface area contributed by atoms with Crippen molar-refractivity contribution in [2.75, 3.05) is 39.6 Å². The molecule has 0 saturated carbocycles. The molecule has 2 fully saturated rings. The number of hydrogen-bond acceptors (Lipinski definition) is 6. The van der Waals surface area contributed by atoms with Gasteiger partial charge in [-0.15, -0.1) is 0 Å². The Morgan fingerprint density at radius 2 is 1.96 bits per heavy atom. The maximum absolute atomic E-state index is 12.3. The molecule has 0 amide bonds. The van der Waals surface area contributed by atoms with Crippen LogP contribution in [0, 0.1) is 0 Å². The summed E-state index contributed by atoms with van der Waals surface area (Å²) >= 11 is 0. The molecule has 2 aliphatic heterocycles. The zero-order chi connectivity index (χ0) is 17.9. The van der Waals surface area contributed by atoms with E-state index in [1.165, 1.54) is 0 Å². The highest BCUT2D eigenvalue weighted by Gasteiger charge is 2.44. The van der Waals surface area contributed by atoms with E-state index in [1.807, 2.05) is 37.3 Å². The molecule has 2 N–H and O–H groups in total. The van der Waals surface area contributed by atoms with Crippen LogP contribution in [-0.2, 0) is 26.0 Å². The monoisotopic (exact) mass is 370 g/mol. The molecule has 7 nitrogen and oxygen atoms in total. The molecule has 2 aliphatic rings. The van der Waals surface area contributed by atoms with Gasteiger partial charge in [0.05, 0.1) is 38.6 Å². The van der Waals surface area contributed by atoms with Crippen LogP contribution in [0.4, 0.5) is 0 Å². The molecule has 2 heterocycles. The minimum Gasteiger partial charge on any atom is -0.394 e. The van der Waals surface area contributed by atoms with Crippen molar-refractivity contribution < 1.29 is 23.0 Å². The summed E-state index contributed by atoms with van der Waals surface area (Å²) in [4.78, 5) is 2.14. The van der Waals surface area contributed by atoms with Gasteiger partial charge in [-0.05, 0) is 12.5 Å². The maximum atomic E-state index is 12.3. The Labute approximate surface area is 149 Å². The Morgan fingerprint density at radius 1 is 1.24 bits per heavy atom. The topological polar surface area (TPSA) is 88.1 Å². The molecular formula is C17H26N2O5S. The highest BCUT2D eigenvalue weighted by atomic mass is 32.2. The minimum atomic E-state index is -3.45. The van der Waals surface area contributed by atoms with Crippen LogP contribution in [0.2, 0.25) is 0 Å². The molecule has 0 aromatic heterocycles. The van der Waals surface area contributed by atoms with Crippen LogP contribution in [0.3, 0.4) is 0 Å². The first kappa shape index (κ1) is 18.8. The van der Waals surface area contributed by atoms with Gasteiger partial charge in [0.25, 0.3) is 0 Å². The van der Waals surface area contributed by atoms with Gasteiger partial charge in [0, 0.05) is 19.1 Å². The van der Waals surface area contributed by atoms with Gasteiger partial charge in [0.1, 0.15) is 5.25 Å². The SMILES string of the molecule is C[C@@H]1COC[C@@](CO)(CNS(=O)(=O)C2COC2)N1Cc1ccccc1. The Kier molecular flexibility index (Phi) is 5.77. The average molecular weight is 370 g/mol. The van der Waals surface area contributed by atoms with E-state index in [-0.39, 0.29) is 39.0 Å². The van der Waals surface area contributed by atoms with E-state index < -0.39 is 20.8 Å². The van der Waals surface area contributed by atoms with E-state index >= 15 is 0 Å². The van der Waals surface area contributed by atoms with Crippen molar-refractivity contribution in [3.05, 3.63) is 35.9 Å². The highest BCUT2D eigenvalue weighted by molar-refractivity contribution is 7.90. The first-order chi connectivity index (χ1) is 12.0. The van der Waals surface area contributed by atoms with Gasteiger partial charge in [-0.3, -0.25) is 4.90 Å². The summed E-state index contributed by atoms with van der Waals surface area (Å²) in [5.41, 5.74) is 0.329. The van der Waals surface area contributed by atoms with Crippen LogP contribution >= 0.6 is 0 Å². The number of nitrogens with one attached hydrogen (secondary N) is 1. The third-order valence-corrected chi connectivity index (χ3v) is 6.71. The molecule has 0 aliphatic carbocycles. The van der Waals surface area contributed by atoms with Crippen molar-refractivity contribution in [2.45, 2.75) is 30.3 Å². The normalized spacial score (nSPS) is 28.6. The Hall–Kier alpha value is -1.03. The maximum Gasteiger partial charge on any atom is 0.219 e. The van der Waals surface area contributed by atoms with E-state index in [9.17, 15) is 13.5 Å². The van der Waals surface area contributed by atoms with Crippen LogP contribution < -0.4 is 4.72 Å². The van der Waals surface area contributed by atoms with Crippen molar-refractivity contribution >= 4 is 10.0 Å². The molecule has 8 heteroatoms. The molecule has 2 atom stereocenters. The number of aliphatic hydroxyl groups is 1. The summed E-state index contributed by atoms with van der Waals surface area (Å²) in [6.07, 6.45) is 0. The molecule has 1 aromatic rings. The lowest BCUT2D eigenvalue weighted by atomic mass is 9.94. The van der Waals surface area contributed by atoms with Crippen molar-refractivity contribution in [3.63, 3.8) is 0 Å². The summed E-state index contributed by atoms with van der Waals surface area (Å²) < 4.78 is 38.0. The molecule has 0 spiro atoms. The Balaban J connectivity index is 1.77. The zero-order valence-electron chi connectivity index (χ0n) is 14.4. The van der Waals surface area contributed by atoms with E-state index in [4.69, 9.17) is 9.47 Å². The smallest absolute Gasteiger partial charge is 0.219 e. The number of sulfonamides is 1. The lowest BCUT2D eigenvalue weighted by Gasteiger charge is -2.49. The summed E-state index contributed by atoms with van der Waals surface area (Å²) in [6, 6.07) is 10.0. The molecule has 0 bridgehead atoms. The molecule has 3 rings (SSSR count). The number of rotatable bonds is 7. The zero-order valence-corrected chi connectivity index (χ0v) is 15.2. The lowest BCUT2D eigenvalue weighted by molar-refractivity contribution is -0.121. The molecule has 140 valence electrons. The van der Waals surface area contributed by atoms with Gasteiger partial charge < -0.3 is 14.6 Å². The third-order valence-electron chi connectivity index (χ3n) is 5.01. The van der Waals surface area contributed by atoms with Crippen LogP contribution in [-0.4, -0.2) is 74.8 Å². The number of benzene rings is 1. The average Bonchev–Trinajstić information content (AvgIpc) is 2.55. The van der Waals surface area contributed by atoms with Gasteiger partial charge in [0.2, 0.25) is 10.0 Å². The van der Waals surface area contributed by atoms with Crippen molar-refractivity contribution in [2.24, 2.45) is 0 Å². The summed E-state index contributed by atoms with van der Waals surface area (Å²) in [6.45, 7) is 3.86. The first-order valence-corrected chi connectivity index (χ1v) is 10.1. The van der Waals surface area contributed by atoms with Gasteiger partial charge in [-0.2, -0.15) is 0 Å². The minimum absolute atomic E-state index is 0.0673. The van der Waals surface area contributed by atoms with Crippen LogP contribution in [0.15, 0.2) is 30.3 Å².